The van der Waals surface area contributed by atoms with Crippen LogP contribution in [0.25, 0.3) is 0 Å². The number of phenolic OH excluding ortho intramolecular Hbond substituents is 1. The van der Waals surface area contributed by atoms with Gasteiger partial charge >= 0.3 is 0 Å². The van der Waals surface area contributed by atoms with Gasteiger partial charge in [0.05, 0.1) is 5.56 Å². The molecular formula is C17H19NO2. The normalized spacial score (nSPS) is 10.3. The molecule has 20 heavy (non-hydrogen) atoms. The SMILES string of the molecule is Cc1cccc(CCNC(=O)c2ccc(C)cc2O)c1. The van der Waals surface area contributed by atoms with E-state index in [0.717, 1.165) is 12.0 Å². The van der Waals surface area contributed by atoms with Crippen LogP contribution in [-0.2, 0) is 6.42 Å². The highest BCUT2D eigenvalue weighted by atomic mass is 16.3. The molecule has 0 unspecified atom stereocenters. The molecule has 3 heteroatoms. The zero-order valence-electron chi connectivity index (χ0n) is 11.8. The van der Waals surface area contributed by atoms with Crippen molar-refractivity contribution in [3.63, 3.8) is 0 Å². The topological polar surface area (TPSA) is 49.3 Å². The van der Waals surface area contributed by atoms with Crippen molar-refractivity contribution in [2.45, 2.75) is 20.3 Å². The third-order valence-corrected chi connectivity index (χ3v) is 3.18. The number of carbonyl (C=O) groups is 1. The molecule has 0 spiro atoms. The third-order valence-electron chi connectivity index (χ3n) is 3.18. The second-order valence-corrected chi connectivity index (χ2v) is 5.02. The molecule has 0 aliphatic carbocycles. The Morgan fingerprint density at radius 3 is 2.55 bits per heavy atom. The molecule has 0 radical (unpaired) electrons. The predicted octanol–water partition coefficient (Wildman–Crippen LogP) is 2.98. The summed E-state index contributed by atoms with van der Waals surface area (Å²) in [5, 5.41) is 12.6. The van der Waals surface area contributed by atoms with Crippen LogP contribution in [0.5, 0.6) is 5.75 Å². The molecule has 0 aromatic heterocycles. The number of carbonyl (C=O) groups excluding carboxylic acids is 1. The van der Waals surface area contributed by atoms with Gasteiger partial charge in [-0.2, -0.15) is 0 Å². The number of nitrogens with one attached hydrogen (secondary N) is 1. The molecule has 0 aliphatic heterocycles. The largest absolute Gasteiger partial charge is 0.507 e. The van der Waals surface area contributed by atoms with E-state index in [-0.39, 0.29) is 11.7 Å². The van der Waals surface area contributed by atoms with E-state index in [4.69, 9.17) is 0 Å². The Morgan fingerprint density at radius 1 is 1.10 bits per heavy atom. The maximum absolute atomic E-state index is 12.0. The maximum Gasteiger partial charge on any atom is 0.255 e. The Balaban J connectivity index is 1.92. The highest BCUT2D eigenvalue weighted by Gasteiger charge is 2.10. The Labute approximate surface area is 119 Å². The fourth-order valence-corrected chi connectivity index (χ4v) is 2.12. The predicted molar refractivity (Wildman–Crippen MR) is 80.1 cm³/mol. The third kappa shape index (κ3) is 3.60. The van der Waals surface area contributed by atoms with Gasteiger partial charge in [0.15, 0.2) is 0 Å². The van der Waals surface area contributed by atoms with Gasteiger partial charge in [-0.1, -0.05) is 35.9 Å². The standard InChI is InChI=1S/C17H19NO2/c1-12-4-3-5-14(10-12)8-9-18-17(20)15-7-6-13(2)11-16(15)19/h3-7,10-11,19H,8-9H2,1-2H3,(H,18,20). The van der Waals surface area contributed by atoms with Crippen LogP contribution in [0.1, 0.15) is 27.0 Å². The van der Waals surface area contributed by atoms with E-state index in [0.29, 0.717) is 12.1 Å². The van der Waals surface area contributed by atoms with E-state index in [1.165, 1.54) is 11.1 Å². The quantitative estimate of drug-likeness (QED) is 0.896. The maximum atomic E-state index is 12.0. The monoisotopic (exact) mass is 269 g/mol. The van der Waals surface area contributed by atoms with Crippen molar-refractivity contribution in [1.82, 2.24) is 5.32 Å². The van der Waals surface area contributed by atoms with E-state index >= 15 is 0 Å². The van der Waals surface area contributed by atoms with E-state index < -0.39 is 0 Å². The van der Waals surface area contributed by atoms with Crippen LogP contribution in [0.15, 0.2) is 42.5 Å². The van der Waals surface area contributed by atoms with Crippen LogP contribution in [0.2, 0.25) is 0 Å². The van der Waals surface area contributed by atoms with Crippen LogP contribution >= 0.6 is 0 Å². The molecule has 0 saturated carbocycles. The fourth-order valence-electron chi connectivity index (χ4n) is 2.12. The first-order valence-corrected chi connectivity index (χ1v) is 6.69. The average molecular weight is 269 g/mol. The molecule has 1 amide bonds. The number of phenols is 1. The molecule has 104 valence electrons. The highest BCUT2D eigenvalue weighted by Crippen LogP contribution is 2.18. The smallest absolute Gasteiger partial charge is 0.255 e. The van der Waals surface area contributed by atoms with Crippen molar-refractivity contribution in [2.75, 3.05) is 6.54 Å². The van der Waals surface area contributed by atoms with Crippen LogP contribution in [0.3, 0.4) is 0 Å². The minimum absolute atomic E-state index is 0.0260. The van der Waals surface area contributed by atoms with Crippen molar-refractivity contribution in [3.8, 4) is 5.75 Å². The summed E-state index contributed by atoms with van der Waals surface area (Å²) in [7, 11) is 0. The van der Waals surface area contributed by atoms with Gasteiger partial charge in [0, 0.05) is 6.54 Å². The lowest BCUT2D eigenvalue weighted by molar-refractivity contribution is 0.0951. The van der Waals surface area contributed by atoms with Gasteiger partial charge in [0.2, 0.25) is 0 Å². The molecular weight excluding hydrogens is 250 g/mol. The molecule has 2 rings (SSSR count). The Hall–Kier alpha value is -2.29. The van der Waals surface area contributed by atoms with Crippen molar-refractivity contribution in [1.29, 1.82) is 0 Å². The highest BCUT2D eigenvalue weighted by molar-refractivity contribution is 5.96. The van der Waals surface area contributed by atoms with Crippen LogP contribution in [0, 0.1) is 13.8 Å². The lowest BCUT2D eigenvalue weighted by Gasteiger charge is -2.08. The number of amides is 1. The van der Waals surface area contributed by atoms with Crippen molar-refractivity contribution in [3.05, 3.63) is 64.7 Å². The number of hydrogen-bond acceptors (Lipinski definition) is 2. The summed E-state index contributed by atoms with van der Waals surface area (Å²) in [5.41, 5.74) is 3.65. The molecule has 0 heterocycles. The number of aryl methyl sites for hydroxylation is 2. The van der Waals surface area contributed by atoms with E-state index in [2.05, 4.69) is 11.4 Å². The van der Waals surface area contributed by atoms with Gasteiger partial charge < -0.3 is 10.4 Å². The molecule has 0 saturated heterocycles. The van der Waals surface area contributed by atoms with Crippen LogP contribution < -0.4 is 5.32 Å². The zero-order valence-corrected chi connectivity index (χ0v) is 11.8. The van der Waals surface area contributed by atoms with Gasteiger partial charge in [-0.25, -0.2) is 0 Å². The summed E-state index contributed by atoms with van der Waals surface area (Å²) in [6.07, 6.45) is 0.778. The fraction of sp³-hybridized carbons (Fsp3) is 0.235. The molecule has 2 aromatic rings. The minimum Gasteiger partial charge on any atom is -0.507 e. The van der Waals surface area contributed by atoms with Gasteiger partial charge in [-0.15, -0.1) is 0 Å². The Kier molecular flexibility index (Phi) is 4.41. The number of hydrogen-bond donors (Lipinski definition) is 2. The first-order chi connectivity index (χ1) is 9.56. The van der Waals surface area contributed by atoms with Gasteiger partial charge in [0.1, 0.15) is 5.75 Å². The Bertz CT molecular complexity index is 620. The molecule has 2 N–H and O–H groups in total. The number of aromatic hydroxyl groups is 1. The first-order valence-electron chi connectivity index (χ1n) is 6.69. The van der Waals surface area contributed by atoms with Gasteiger partial charge in [-0.05, 0) is 43.5 Å². The molecule has 0 fully saturated rings. The van der Waals surface area contributed by atoms with Crippen molar-refractivity contribution >= 4 is 5.91 Å². The lowest BCUT2D eigenvalue weighted by Crippen LogP contribution is -2.25. The lowest BCUT2D eigenvalue weighted by atomic mass is 10.1. The van der Waals surface area contributed by atoms with Crippen molar-refractivity contribution < 1.29 is 9.90 Å². The first kappa shape index (κ1) is 14.1. The number of rotatable bonds is 4. The Morgan fingerprint density at radius 2 is 1.85 bits per heavy atom. The molecule has 0 bridgehead atoms. The van der Waals surface area contributed by atoms with E-state index in [1.807, 2.05) is 38.1 Å². The summed E-state index contributed by atoms with van der Waals surface area (Å²) in [6, 6.07) is 13.3. The van der Waals surface area contributed by atoms with Crippen LogP contribution in [0.4, 0.5) is 0 Å². The minimum atomic E-state index is -0.241. The summed E-state index contributed by atoms with van der Waals surface area (Å²) < 4.78 is 0. The zero-order chi connectivity index (χ0) is 14.5. The molecule has 3 nitrogen and oxygen atoms in total. The molecule has 2 aromatic carbocycles. The summed E-state index contributed by atoms with van der Waals surface area (Å²) in [6.45, 7) is 4.47. The van der Waals surface area contributed by atoms with E-state index in [1.54, 1.807) is 12.1 Å². The molecule has 0 atom stereocenters. The summed E-state index contributed by atoms with van der Waals surface area (Å²) >= 11 is 0. The summed E-state index contributed by atoms with van der Waals surface area (Å²) in [5.74, 6) is -0.215. The van der Waals surface area contributed by atoms with Gasteiger partial charge in [0.25, 0.3) is 5.91 Å². The van der Waals surface area contributed by atoms with Crippen LogP contribution in [-0.4, -0.2) is 17.6 Å². The van der Waals surface area contributed by atoms with Crippen molar-refractivity contribution in [2.24, 2.45) is 0 Å². The summed E-state index contributed by atoms with van der Waals surface area (Å²) in [4.78, 5) is 12.0. The average Bonchev–Trinajstić information content (AvgIpc) is 2.38. The number of benzene rings is 2. The van der Waals surface area contributed by atoms with E-state index in [9.17, 15) is 9.90 Å². The molecule has 0 aliphatic rings. The second-order valence-electron chi connectivity index (χ2n) is 5.02. The second kappa shape index (κ2) is 6.24. The van der Waals surface area contributed by atoms with Gasteiger partial charge in [-0.3, -0.25) is 4.79 Å².